The molecule has 1 aliphatic carbocycles. The molecule has 1 saturated heterocycles. The summed E-state index contributed by atoms with van der Waals surface area (Å²) >= 11 is 0. The predicted octanol–water partition coefficient (Wildman–Crippen LogP) is 3.31. The molecule has 4 nitrogen and oxygen atoms in total. The molecule has 0 atom stereocenters. The van der Waals surface area contributed by atoms with Gasteiger partial charge in [-0.3, -0.25) is 9.58 Å². The summed E-state index contributed by atoms with van der Waals surface area (Å²) in [7, 11) is 1.98. The van der Waals surface area contributed by atoms with Crippen LogP contribution in [-0.4, -0.2) is 39.0 Å². The molecule has 2 fully saturated rings. The van der Waals surface area contributed by atoms with Crippen LogP contribution in [0.4, 0.5) is 0 Å². The Morgan fingerprint density at radius 1 is 1.08 bits per heavy atom. The minimum absolute atomic E-state index is 0.153. The Morgan fingerprint density at radius 2 is 1.79 bits per heavy atom. The number of hydrogen-bond acceptors (Lipinski definition) is 3. The number of aliphatic hydroxyl groups is 1. The molecule has 0 unspecified atom stereocenters. The van der Waals surface area contributed by atoms with Gasteiger partial charge in [-0.15, -0.1) is 0 Å². The van der Waals surface area contributed by atoms with Crippen LogP contribution in [0.1, 0.15) is 49.1 Å². The van der Waals surface area contributed by atoms with Crippen LogP contribution in [0, 0.1) is 0 Å². The SMILES string of the molecule is Cn1cc(CN2CC(O)C2)c(-c2ccc(C3CCCCC3)cc2)n1. The number of likely N-dealkylation sites (tertiary alicyclic amines) is 1. The first-order valence-corrected chi connectivity index (χ1v) is 9.22. The van der Waals surface area contributed by atoms with Crippen LogP contribution < -0.4 is 0 Å². The first-order chi connectivity index (χ1) is 11.7. The lowest BCUT2D eigenvalue weighted by Gasteiger charge is -2.35. The number of hydrogen-bond donors (Lipinski definition) is 1. The summed E-state index contributed by atoms with van der Waals surface area (Å²) in [6, 6.07) is 9.08. The lowest BCUT2D eigenvalue weighted by Crippen LogP contribution is -2.49. The number of rotatable bonds is 4. The number of β-amino-alcohol motifs (C(OH)–C–C–N with tert-alkyl or cyclic N) is 1. The highest BCUT2D eigenvalue weighted by molar-refractivity contribution is 5.63. The molecule has 1 saturated carbocycles. The van der Waals surface area contributed by atoms with Gasteiger partial charge in [-0.25, -0.2) is 0 Å². The molecule has 2 aromatic rings. The highest BCUT2D eigenvalue weighted by Crippen LogP contribution is 2.34. The summed E-state index contributed by atoms with van der Waals surface area (Å²) in [5, 5.41) is 14.2. The van der Waals surface area contributed by atoms with Crippen LogP contribution in [-0.2, 0) is 13.6 Å². The smallest absolute Gasteiger partial charge is 0.0968 e. The van der Waals surface area contributed by atoms with E-state index in [2.05, 4.69) is 40.5 Å². The van der Waals surface area contributed by atoms with Gasteiger partial charge in [0.05, 0.1) is 11.8 Å². The fourth-order valence-corrected chi connectivity index (χ4v) is 4.16. The Labute approximate surface area is 144 Å². The average molecular weight is 325 g/mol. The lowest BCUT2D eigenvalue weighted by atomic mass is 9.84. The monoisotopic (exact) mass is 325 g/mol. The van der Waals surface area contributed by atoms with E-state index in [-0.39, 0.29) is 6.10 Å². The van der Waals surface area contributed by atoms with Gasteiger partial charge >= 0.3 is 0 Å². The Kier molecular flexibility index (Phi) is 4.42. The van der Waals surface area contributed by atoms with Crippen molar-refractivity contribution in [1.29, 1.82) is 0 Å². The second-order valence-corrected chi connectivity index (χ2v) is 7.48. The van der Waals surface area contributed by atoms with Gasteiger partial charge in [0.15, 0.2) is 0 Å². The Hall–Kier alpha value is -1.65. The summed E-state index contributed by atoms with van der Waals surface area (Å²) in [5.74, 6) is 0.749. The molecule has 2 aliphatic rings. The van der Waals surface area contributed by atoms with E-state index < -0.39 is 0 Å². The topological polar surface area (TPSA) is 41.3 Å². The van der Waals surface area contributed by atoms with Crippen molar-refractivity contribution < 1.29 is 5.11 Å². The van der Waals surface area contributed by atoms with E-state index in [1.165, 1.54) is 48.8 Å². The van der Waals surface area contributed by atoms with Crippen molar-refractivity contribution in [2.24, 2.45) is 7.05 Å². The number of nitrogens with zero attached hydrogens (tertiary/aromatic N) is 3. The van der Waals surface area contributed by atoms with Crippen LogP contribution in [0.5, 0.6) is 0 Å². The normalized spacial score (nSPS) is 20.2. The zero-order valence-electron chi connectivity index (χ0n) is 14.5. The zero-order chi connectivity index (χ0) is 16.5. The summed E-state index contributed by atoms with van der Waals surface area (Å²) in [5.41, 5.74) is 5.01. The largest absolute Gasteiger partial charge is 0.390 e. The first-order valence-electron chi connectivity index (χ1n) is 9.22. The molecule has 0 amide bonds. The number of aryl methyl sites for hydroxylation is 1. The van der Waals surface area contributed by atoms with E-state index in [9.17, 15) is 5.11 Å². The number of benzene rings is 1. The fraction of sp³-hybridized carbons (Fsp3) is 0.550. The van der Waals surface area contributed by atoms with Gasteiger partial charge in [-0.05, 0) is 24.3 Å². The van der Waals surface area contributed by atoms with Crippen LogP contribution in [0.25, 0.3) is 11.3 Å². The van der Waals surface area contributed by atoms with Crippen LogP contribution in [0.15, 0.2) is 30.5 Å². The molecular weight excluding hydrogens is 298 g/mol. The fourth-order valence-electron chi connectivity index (χ4n) is 4.16. The maximum atomic E-state index is 9.48. The zero-order valence-corrected chi connectivity index (χ0v) is 14.5. The minimum Gasteiger partial charge on any atom is -0.390 e. The van der Waals surface area contributed by atoms with E-state index in [0.717, 1.165) is 31.2 Å². The van der Waals surface area contributed by atoms with Gasteiger partial charge < -0.3 is 5.11 Å². The highest BCUT2D eigenvalue weighted by atomic mass is 16.3. The van der Waals surface area contributed by atoms with E-state index in [0.29, 0.717) is 0 Å². The summed E-state index contributed by atoms with van der Waals surface area (Å²) in [6.07, 6.45) is 8.78. The molecule has 4 heteroatoms. The second-order valence-electron chi connectivity index (χ2n) is 7.48. The van der Waals surface area contributed by atoms with Gasteiger partial charge in [0.2, 0.25) is 0 Å². The molecule has 128 valence electrons. The Morgan fingerprint density at radius 3 is 2.46 bits per heavy atom. The molecule has 1 aromatic carbocycles. The number of aliphatic hydroxyl groups excluding tert-OH is 1. The van der Waals surface area contributed by atoms with Gasteiger partial charge in [0, 0.05) is 44.0 Å². The van der Waals surface area contributed by atoms with Crippen LogP contribution >= 0.6 is 0 Å². The molecule has 2 heterocycles. The van der Waals surface area contributed by atoms with E-state index >= 15 is 0 Å². The molecule has 0 radical (unpaired) electrons. The van der Waals surface area contributed by atoms with Crippen molar-refractivity contribution in [2.45, 2.75) is 50.7 Å². The molecular formula is C20H27N3O. The van der Waals surface area contributed by atoms with Crippen molar-refractivity contribution in [3.05, 3.63) is 41.6 Å². The highest BCUT2D eigenvalue weighted by Gasteiger charge is 2.25. The minimum atomic E-state index is -0.153. The van der Waals surface area contributed by atoms with Crippen molar-refractivity contribution in [3.8, 4) is 11.3 Å². The van der Waals surface area contributed by atoms with E-state index in [4.69, 9.17) is 0 Å². The predicted molar refractivity (Wildman–Crippen MR) is 95.8 cm³/mol. The third-order valence-electron chi connectivity index (χ3n) is 5.50. The molecule has 24 heavy (non-hydrogen) atoms. The first kappa shape index (κ1) is 15.9. The van der Waals surface area contributed by atoms with Gasteiger partial charge in [-0.1, -0.05) is 43.5 Å². The Bertz CT molecular complexity index is 679. The molecule has 0 spiro atoms. The summed E-state index contributed by atoms with van der Waals surface area (Å²) in [4.78, 5) is 2.27. The molecule has 1 N–H and O–H groups in total. The van der Waals surface area contributed by atoms with Gasteiger partial charge in [-0.2, -0.15) is 5.10 Å². The maximum Gasteiger partial charge on any atom is 0.0968 e. The van der Waals surface area contributed by atoms with Crippen LogP contribution in [0.2, 0.25) is 0 Å². The lowest BCUT2D eigenvalue weighted by molar-refractivity contribution is -0.00279. The molecule has 1 aliphatic heterocycles. The van der Waals surface area contributed by atoms with E-state index in [1.54, 1.807) is 0 Å². The van der Waals surface area contributed by atoms with Gasteiger partial charge in [0.25, 0.3) is 0 Å². The van der Waals surface area contributed by atoms with E-state index in [1.807, 2.05) is 11.7 Å². The Balaban J connectivity index is 1.52. The van der Waals surface area contributed by atoms with Crippen molar-refractivity contribution >= 4 is 0 Å². The third kappa shape index (κ3) is 3.26. The maximum absolute atomic E-state index is 9.48. The quantitative estimate of drug-likeness (QED) is 0.937. The van der Waals surface area contributed by atoms with Gasteiger partial charge in [0.1, 0.15) is 0 Å². The molecule has 0 bridgehead atoms. The van der Waals surface area contributed by atoms with Crippen molar-refractivity contribution in [3.63, 3.8) is 0 Å². The molecule has 1 aromatic heterocycles. The summed E-state index contributed by atoms with van der Waals surface area (Å²) in [6.45, 7) is 2.41. The molecule has 4 rings (SSSR count). The number of aromatic nitrogens is 2. The third-order valence-corrected chi connectivity index (χ3v) is 5.50. The average Bonchev–Trinajstić information content (AvgIpc) is 2.95. The summed E-state index contributed by atoms with van der Waals surface area (Å²) < 4.78 is 1.90. The second kappa shape index (κ2) is 6.69. The van der Waals surface area contributed by atoms with Crippen LogP contribution in [0.3, 0.4) is 0 Å². The van der Waals surface area contributed by atoms with Crippen molar-refractivity contribution in [1.82, 2.24) is 14.7 Å². The standard InChI is InChI=1S/C20H27N3O/c1-22-11-18(12-23-13-19(24)14-23)20(21-22)17-9-7-16(8-10-17)15-5-3-2-4-6-15/h7-11,15,19,24H,2-6,12-14H2,1H3. The van der Waals surface area contributed by atoms with Crippen molar-refractivity contribution in [2.75, 3.05) is 13.1 Å².